The van der Waals surface area contributed by atoms with Crippen molar-refractivity contribution in [3.05, 3.63) is 200 Å². The molecule has 1 aliphatic heterocycles. The van der Waals surface area contributed by atoms with Gasteiger partial charge in [0.1, 0.15) is 0 Å². The van der Waals surface area contributed by atoms with E-state index in [4.69, 9.17) is 9.97 Å². The summed E-state index contributed by atoms with van der Waals surface area (Å²) >= 11 is 0. The van der Waals surface area contributed by atoms with Gasteiger partial charge in [0.2, 0.25) is 9.84 Å². The van der Waals surface area contributed by atoms with Crippen molar-refractivity contribution in [3.63, 3.8) is 0 Å². The predicted octanol–water partition coefficient (Wildman–Crippen LogP) is 12.7. The molecule has 2 aromatic heterocycles. The minimum Gasteiger partial charge on any atom is -0.309 e. The van der Waals surface area contributed by atoms with Gasteiger partial charge in [-0.05, 0) is 47.5 Å². The van der Waals surface area contributed by atoms with Crippen LogP contribution in [0.5, 0.6) is 0 Å². The van der Waals surface area contributed by atoms with Crippen molar-refractivity contribution in [2.45, 2.75) is 9.79 Å². The highest BCUT2D eigenvalue weighted by Gasteiger charge is 2.35. The average molecular weight is 764 g/mol. The van der Waals surface area contributed by atoms with Crippen LogP contribution in [0.3, 0.4) is 0 Å². The van der Waals surface area contributed by atoms with Crippen molar-refractivity contribution in [1.29, 1.82) is 0 Å². The molecule has 0 atom stereocenters. The molecule has 3 heterocycles. The zero-order chi connectivity index (χ0) is 38.8. The van der Waals surface area contributed by atoms with Crippen LogP contribution in [-0.2, 0) is 9.84 Å². The molecule has 10 aromatic rings. The fourth-order valence-electron chi connectivity index (χ4n) is 8.52. The van der Waals surface area contributed by atoms with Gasteiger partial charge in [-0.15, -0.1) is 0 Å². The van der Waals surface area contributed by atoms with Crippen molar-refractivity contribution in [1.82, 2.24) is 14.5 Å². The zero-order valence-electron chi connectivity index (χ0n) is 31.1. The summed E-state index contributed by atoms with van der Waals surface area (Å²) in [6.45, 7) is 0. The summed E-state index contributed by atoms with van der Waals surface area (Å²) in [5.41, 5.74) is 13.0. The SMILES string of the molecule is O=S1(=O)c2ccccc2-c2cccc(-c3ccc(-n4c5ccccc5c5cccc(-c6cccc(-c7nc(-c8ccccc8)cc(-c8ccccc8)n7)c6)c54)cc3)c21. The van der Waals surface area contributed by atoms with Gasteiger partial charge in [0.25, 0.3) is 0 Å². The molecule has 0 fully saturated rings. The summed E-state index contributed by atoms with van der Waals surface area (Å²) in [6.07, 6.45) is 0. The molecule has 0 aliphatic carbocycles. The van der Waals surface area contributed by atoms with Crippen molar-refractivity contribution in [2.24, 2.45) is 0 Å². The van der Waals surface area contributed by atoms with E-state index in [1.165, 1.54) is 0 Å². The Hall–Kier alpha value is -7.41. The molecule has 0 saturated heterocycles. The van der Waals surface area contributed by atoms with Gasteiger partial charge in [0.15, 0.2) is 5.82 Å². The predicted molar refractivity (Wildman–Crippen MR) is 234 cm³/mol. The van der Waals surface area contributed by atoms with E-state index in [1.54, 1.807) is 12.1 Å². The van der Waals surface area contributed by atoms with Gasteiger partial charge >= 0.3 is 0 Å². The van der Waals surface area contributed by atoms with Crippen LogP contribution >= 0.6 is 0 Å². The minimum atomic E-state index is -3.66. The number of para-hydroxylation sites is 2. The van der Waals surface area contributed by atoms with E-state index in [0.717, 1.165) is 83.4 Å². The van der Waals surface area contributed by atoms with Gasteiger partial charge in [0.05, 0.1) is 32.2 Å². The van der Waals surface area contributed by atoms with Crippen LogP contribution in [0.1, 0.15) is 0 Å². The second-order valence-electron chi connectivity index (χ2n) is 14.6. The van der Waals surface area contributed by atoms with Crippen LogP contribution in [0, 0.1) is 0 Å². The van der Waals surface area contributed by atoms with Crippen LogP contribution in [0.4, 0.5) is 0 Å². The molecule has 0 radical (unpaired) electrons. The smallest absolute Gasteiger partial charge is 0.208 e. The number of fused-ring (bicyclic) bond motifs is 6. The van der Waals surface area contributed by atoms with Crippen molar-refractivity contribution < 1.29 is 8.42 Å². The van der Waals surface area contributed by atoms with Crippen molar-refractivity contribution in [2.75, 3.05) is 0 Å². The van der Waals surface area contributed by atoms with E-state index in [-0.39, 0.29) is 0 Å². The fraction of sp³-hybridized carbons (Fsp3) is 0. The van der Waals surface area contributed by atoms with Gasteiger partial charge < -0.3 is 4.57 Å². The highest BCUT2D eigenvalue weighted by molar-refractivity contribution is 7.92. The first-order valence-electron chi connectivity index (χ1n) is 19.2. The van der Waals surface area contributed by atoms with Gasteiger partial charge in [-0.1, -0.05) is 164 Å². The van der Waals surface area contributed by atoms with Gasteiger partial charge in [-0.25, -0.2) is 18.4 Å². The molecule has 274 valence electrons. The molecule has 6 heteroatoms. The quantitative estimate of drug-likeness (QED) is 0.169. The summed E-state index contributed by atoms with van der Waals surface area (Å²) in [5, 5.41) is 2.29. The molecule has 1 aliphatic rings. The van der Waals surface area contributed by atoms with Crippen LogP contribution in [0.25, 0.3) is 94.8 Å². The molecule has 8 aromatic carbocycles. The van der Waals surface area contributed by atoms with E-state index >= 15 is 0 Å². The fourth-order valence-corrected chi connectivity index (χ4v) is 10.4. The highest BCUT2D eigenvalue weighted by Crippen LogP contribution is 2.47. The number of hydrogen-bond donors (Lipinski definition) is 0. The Morgan fingerprint density at radius 1 is 0.397 bits per heavy atom. The number of rotatable bonds is 6. The highest BCUT2D eigenvalue weighted by atomic mass is 32.2. The Balaban J connectivity index is 1.05. The summed E-state index contributed by atoms with van der Waals surface area (Å²) in [6, 6.07) is 67.3. The first kappa shape index (κ1) is 33.9. The lowest BCUT2D eigenvalue weighted by Crippen LogP contribution is -2.00. The van der Waals surface area contributed by atoms with Crippen LogP contribution < -0.4 is 0 Å². The topological polar surface area (TPSA) is 64.8 Å². The lowest BCUT2D eigenvalue weighted by molar-refractivity contribution is 0.599. The molecule has 0 unspecified atom stereocenters. The van der Waals surface area contributed by atoms with E-state index < -0.39 is 9.84 Å². The van der Waals surface area contributed by atoms with Gasteiger partial charge in [-0.3, -0.25) is 0 Å². The normalized spacial score (nSPS) is 12.8. The molecule has 0 saturated carbocycles. The maximum atomic E-state index is 13.9. The Morgan fingerprint density at radius 3 is 1.71 bits per heavy atom. The number of hydrogen-bond acceptors (Lipinski definition) is 4. The summed E-state index contributed by atoms with van der Waals surface area (Å²) in [4.78, 5) is 11.0. The van der Waals surface area contributed by atoms with Crippen LogP contribution in [0.15, 0.2) is 210 Å². The maximum Gasteiger partial charge on any atom is 0.208 e. The van der Waals surface area contributed by atoms with Gasteiger partial charge in [-0.2, -0.15) is 0 Å². The largest absolute Gasteiger partial charge is 0.309 e. The maximum absolute atomic E-state index is 13.9. The second kappa shape index (κ2) is 13.4. The first-order chi connectivity index (χ1) is 28.5. The number of aromatic nitrogens is 3. The monoisotopic (exact) mass is 763 g/mol. The Labute approximate surface area is 336 Å². The lowest BCUT2D eigenvalue weighted by Gasteiger charge is -2.14. The summed E-state index contributed by atoms with van der Waals surface area (Å²) in [5.74, 6) is 0.655. The zero-order valence-corrected chi connectivity index (χ0v) is 31.9. The number of nitrogens with zero attached hydrogens (tertiary/aromatic N) is 3. The third-order valence-electron chi connectivity index (χ3n) is 11.2. The lowest BCUT2D eigenvalue weighted by atomic mass is 9.98. The number of benzene rings is 8. The van der Waals surface area contributed by atoms with Crippen LogP contribution in [0.2, 0.25) is 0 Å². The molecular weight excluding hydrogens is 731 g/mol. The molecule has 0 bridgehead atoms. The average Bonchev–Trinajstić information content (AvgIpc) is 3.75. The van der Waals surface area contributed by atoms with Gasteiger partial charge in [0, 0.05) is 55.4 Å². The van der Waals surface area contributed by atoms with E-state index in [2.05, 4.69) is 114 Å². The first-order valence-corrected chi connectivity index (χ1v) is 20.7. The second-order valence-corrected chi connectivity index (χ2v) is 16.4. The Morgan fingerprint density at radius 2 is 0.948 bits per heavy atom. The minimum absolute atomic E-state index is 0.364. The Bertz CT molecular complexity index is 3280. The molecule has 11 rings (SSSR count). The molecule has 0 N–H and O–H groups in total. The third-order valence-corrected chi connectivity index (χ3v) is 13.1. The molecule has 0 amide bonds. The molecular formula is C52H33N3O2S. The third kappa shape index (κ3) is 5.41. The molecule has 5 nitrogen and oxygen atoms in total. The summed E-state index contributed by atoms with van der Waals surface area (Å²) < 4.78 is 30.0. The van der Waals surface area contributed by atoms with E-state index in [1.807, 2.05) is 78.9 Å². The van der Waals surface area contributed by atoms with Crippen molar-refractivity contribution in [3.8, 4) is 73.0 Å². The Kier molecular flexibility index (Phi) is 7.81. The molecule has 58 heavy (non-hydrogen) atoms. The van der Waals surface area contributed by atoms with Crippen molar-refractivity contribution >= 4 is 31.6 Å². The molecule has 0 spiro atoms. The number of sulfone groups is 1. The summed E-state index contributed by atoms with van der Waals surface area (Å²) in [7, 11) is -3.66. The van der Waals surface area contributed by atoms with Crippen LogP contribution in [-0.4, -0.2) is 23.0 Å². The standard InChI is InChI=1S/C52H33N3O2S/c56-58(57)49-27-10-8-21-43(49)45-25-13-23-41(51(45)58)34-28-30-39(31-29-34)55-48-26-9-7-20-42(48)44-24-12-22-40(50(44)55)37-18-11-19-38(32-37)52-53-46(35-14-3-1-4-15-35)33-47(54-52)36-16-5-2-6-17-36/h1-33H. The van der Waals surface area contributed by atoms with E-state index in [9.17, 15) is 8.42 Å². The van der Waals surface area contributed by atoms with E-state index in [0.29, 0.717) is 21.2 Å².